The summed E-state index contributed by atoms with van der Waals surface area (Å²) in [6.45, 7) is 0. The molecule has 2 rings (SSSR count). The first kappa shape index (κ1) is 13.5. The van der Waals surface area contributed by atoms with Gasteiger partial charge in [-0.3, -0.25) is 4.79 Å². The highest BCUT2D eigenvalue weighted by atomic mass is 32.2. The van der Waals surface area contributed by atoms with E-state index in [1.807, 2.05) is 0 Å². The fourth-order valence-corrected chi connectivity index (χ4v) is 2.64. The molecule has 98 valence electrons. The van der Waals surface area contributed by atoms with Gasteiger partial charge in [-0.05, 0) is 23.8 Å². The third kappa shape index (κ3) is 3.32. The second-order valence-electron chi connectivity index (χ2n) is 3.89. The number of hydrogen-bond donors (Lipinski definition) is 1. The number of carbonyl (C=O) groups excluding carboxylic acids is 1. The molecule has 2 aromatic rings. The van der Waals surface area contributed by atoms with Crippen molar-refractivity contribution in [2.24, 2.45) is 5.73 Å². The highest BCUT2D eigenvalue weighted by Gasteiger charge is 2.21. The third-order valence-electron chi connectivity index (χ3n) is 2.50. The molecule has 5 heteroatoms. The van der Waals surface area contributed by atoms with E-state index in [1.165, 1.54) is 0 Å². The smallest absolute Gasteiger partial charge is 0.235 e. The van der Waals surface area contributed by atoms with E-state index in [9.17, 15) is 13.6 Å². The summed E-state index contributed by atoms with van der Waals surface area (Å²) in [5, 5.41) is -0.752. The Morgan fingerprint density at radius 1 is 1.11 bits per heavy atom. The fourth-order valence-electron chi connectivity index (χ4n) is 1.61. The summed E-state index contributed by atoms with van der Waals surface area (Å²) in [7, 11) is 0. The fraction of sp³-hybridized carbons (Fsp3) is 0.0714. The Labute approximate surface area is 113 Å². The Morgan fingerprint density at radius 2 is 1.79 bits per heavy atom. The first-order chi connectivity index (χ1) is 9.08. The van der Waals surface area contributed by atoms with E-state index in [4.69, 9.17) is 5.73 Å². The molecule has 2 aromatic carbocycles. The van der Waals surface area contributed by atoms with Gasteiger partial charge in [0.25, 0.3) is 0 Å². The molecule has 0 bridgehead atoms. The zero-order chi connectivity index (χ0) is 13.8. The number of hydrogen-bond acceptors (Lipinski definition) is 2. The summed E-state index contributed by atoms with van der Waals surface area (Å²) in [5.41, 5.74) is 5.98. The molecular weight excluding hydrogens is 268 g/mol. The lowest BCUT2D eigenvalue weighted by Gasteiger charge is -2.13. The lowest BCUT2D eigenvalue weighted by Crippen LogP contribution is -2.19. The van der Waals surface area contributed by atoms with Crippen LogP contribution in [0.15, 0.2) is 53.4 Å². The van der Waals surface area contributed by atoms with Gasteiger partial charge in [0, 0.05) is 4.90 Å². The average Bonchev–Trinajstić information content (AvgIpc) is 2.40. The molecule has 0 spiro atoms. The van der Waals surface area contributed by atoms with E-state index in [-0.39, 0.29) is 4.90 Å². The van der Waals surface area contributed by atoms with Crippen LogP contribution in [-0.4, -0.2) is 5.91 Å². The first-order valence-electron chi connectivity index (χ1n) is 5.54. The van der Waals surface area contributed by atoms with Crippen LogP contribution >= 0.6 is 11.8 Å². The Kier molecular flexibility index (Phi) is 4.16. The van der Waals surface area contributed by atoms with Gasteiger partial charge >= 0.3 is 0 Å². The second-order valence-corrected chi connectivity index (χ2v) is 5.03. The molecule has 1 atom stereocenters. The monoisotopic (exact) mass is 279 g/mol. The van der Waals surface area contributed by atoms with Crippen molar-refractivity contribution in [3.63, 3.8) is 0 Å². The lowest BCUT2D eigenvalue weighted by atomic mass is 10.1. The van der Waals surface area contributed by atoms with Crippen LogP contribution in [0.25, 0.3) is 0 Å². The van der Waals surface area contributed by atoms with Crippen molar-refractivity contribution in [3.8, 4) is 0 Å². The van der Waals surface area contributed by atoms with Gasteiger partial charge in [-0.1, -0.05) is 30.3 Å². The van der Waals surface area contributed by atoms with Crippen molar-refractivity contribution >= 4 is 17.7 Å². The van der Waals surface area contributed by atoms with Crippen molar-refractivity contribution in [1.82, 2.24) is 0 Å². The van der Waals surface area contributed by atoms with E-state index in [1.54, 1.807) is 30.3 Å². The maximum atomic E-state index is 13.6. The predicted molar refractivity (Wildman–Crippen MR) is 70.6 cm³/mol. The summed E-state index contributed by atoms with van der Waals surface area (Å²) in [4.78, 5) is 11.5. The molecule has 0 aliphatic rings. The highest BCUT2D eigenvalue weighted by molar-refractivity contribution is 8.00. The minimum Gasteiger partial charge on any atom is -0.368 e. The molecular formula is C14H11F2NOS. The molecule has 0 saturated heterocycles. The lowest BCUT2D eigenvalue weighted by molar-refractivity contribution is -0.117. The van der Waals surface area contributed by atoms with Gasteiger partial charge in [-0.2, -0.15) is 0 Å². The van der Waals surface area contributed by atoms with Crippen molar-refractivity contribution in [2.75, 3.05) is 0 Å². The van der Waals surface area contributed by atoms with Crippen LogP contribution in [0.4, 0.5) is 8.78 Å². The van der Waals surface area contributed by atoms with Gasteiger partial charge in [-0.25, -0.2) is 8.78 Å². The number of carbonyl (C=O) groups is 1. The Morgan fingerprint density at radius 3 is 2.42 bits per heavy atom. The maximum Gasteiger partial charge on any atom is 0.235 e. The number of primary amides is 1. The van der Waals surface area contributed by atoms with E-state index in [0.717, 1.165) is 30.0 Å². The maximum absolute atomic E-state index is 13.6. The summed E-state index contributed by atoms with van der Waals surface area (Å²) >= 11 is 0.901. The average molecular weight is 279 g/mol. The Balaban J connectivity index is 2.32. The van der Waals surface area contributed by atoms with E-state index in [2.05, 4.69) is 0 Å². The normalized spacial score (nSPS) is 12.1. The van der Waals surface area contributed by atoms with E-state index >= 15 is 0 Å². The quantitative estimate of drug-likeness (QED) is 0.873. The van der Waals surface area contributed by atoms with Gasteiger partial charge in [0.2, 0.25) is 5.91 Å². The topological polar surface area (TPSA) is 43.1 Å². The van der Waals surface area contributed by atoms with E-state index in [0.29, 0.717) is 5.56 Å². The van der Waals surface area contributed by atoms with Gasteiger partial charge in [0.05, 0.1) is 0 Å². The van der Waals surface area contributed by atoms with Crippen LogP contribution < -0.4 is 5.73 Å². The molecule has 1 amide bonds. The molecule has 0 aromatic heterocycles. The van der Waals surface area contributed by atoms with Crippen LogP contribution in [0, 0.1) is 11.6 Å². The number of halogens is 2. The Hall–Kier alpha value is -1.88. The van der Waals surface area contributed by atoms with Crippen molar-refractivity contribution in [1.29, 1.82) is 0 Å². The highest BCUT2D eigenvalue weighted by Crippen LogP contribution is 2.36. The molecule has 0 unspecified atom stereocenters. The second kappa shape index (κ2) is 5.84. The minimum atomic E-state index is -0.752. The van der Waals surface area contributed by atoms with Crippen molar-refractivity contribution < 1.29 is 13.6 Å². The number of amides is 1. The summed E-state index contributed by atoms with van der Waals surface area (Å²) in [6.07, 6.45) is 0. The van der Waals surface area contributed by atoms with Crippen LogP contribution in [0.2, 0.25) is 0 Å². The number of rotatable bonds is 4. The van der Waals surface area contributed by atoms with Crippen LogP contribution in [0.5, 0.6) is 0 Å². The van der Waals surface area contributed by atoms with Crippen LogP contribution in [0.3, 0.4) is 0 Å². The molecule has 0 aliphatic carbocycles. The largest absolute Gasteiger partial charge is 0.368 e. The molecule has 0 radical (unpaired) electrons. The first-order valence-corrected chi connectivity index (χ1v) is 6.42. The Bertz CT molecular complexity index is 589. The molecule has 0 aliphatic heterocycles. The summed E-state index contributed by atoms with van der Waals surface area (Å²) in [6, 6.07) is 11.9. The SMILES string of the molecule is NC(=O)[C@@H](Sc1cc(F)ccc1F)c1ccccc1. The zero-order valence-corrected chi connectivity index (χ0v) is 10.7. The summed E-state index contributed by atoms with van der Waals surface area (Å²) in [5.74, 6) is -1.73. The molecule has 0 fully saturated rings. The molecule has 0 saturated carbocycles. The molecule has 0 heterocycles. The number of benzene rings is 2. The molecule has 2 N–H and O–H groups in total. The minimum absolute atomic E-state index is 0.0626. The van der Waals surface area contributed by atoms with Crippen LogP contribution in [0.1, 0.15) is 10.8 Å². The van der Waals surface area contributed by atoms with Gasteiger partial charge < -0.3 is 5.73 Å². The predicted octanol–water partition coefficient (Wildman–Crippen LogP) is 3.28. The van der Waals surface area contributed by atoms with Gasteiger partial charge in [0.15, 0.2) is 0 Å². The molecule has 19 heavy (non-hydrogen) atoms. The van der Waals surface area contributed by atoms with Crippen LogP contribution in [-0.2, 0) is 4.79 Å². The summed E-state index contributed by atoms with van der Waals surface area (Å²) < 4.78 is 26.7. The van der Waals surface area contributed by atoms with Crippen molar-refractivity contribution in [3.05, 3.63) is 65.7 Å². The number of nitrogens with two attached hydrogens (primary N) is 1. The zero-order valence-electron chi connectivity index (χ0n) is 9.85. The van der Waals surface area contributed by atoms with Gasteiger partial charge in [-0.15, -0.1) is 11.8 Å². The van der Waals surface area contributed by atoms with Crippen molar-refractivity contribution in [2.45, 2.75) is 10.1 Å². The van der Waals surface area contributed by atoms with Gasteiger partial charge in [0.1, 0.15) is 16.9 Å². The van der Waals surface area contributed by atoms with E-state index < -0.39 is 22.8 Å². The molecule has 2 nitrogen and oxygen atoms in total. The number of thioether (sulfide) groups is 1. The standard InChI is InChI=1S/C14H11F2NOS/c15-10-6-7-11(16)12(8-10)19-13(14(17)18)9-4-2-1-3-5-9/h1-8,13H,(H2,17,18)/t13-/m0/s1. The third-order valence-corrected chi connectivity index (χ3v) is 3.81.